The quantitative estimate of drug-likeness (QED) is 0.789. The number of hydrogen-bond acceptors (Lipinski definition) is 2. The van der Waals surface area contributed by atoms with E-state index in [9.17, 15) is 18.4 Å². The Hall–Kier alpha value is -1.98. The molecular formula is C11H11F2NO3. The summed E-state index contributed by atoms with van der Waals surface area (Å²) in [6.45, 7) is 1.44. The van der Waals surface area contributed by atoms with E-state index in [0.29, 0.717) is 0 Å². The Labute approximate surface area is 96.3 Å². The molecule has 1 aromatic carbocycles. The smallest absolute Gasteiger partial charge is 0.312 e. The normalized spacial score (nSPS) is 11.9. The van der Waals surface area contributed by atoms with E-state index in [-0.39, 0.29) is 5.56 Å². The van der Waals surface area contributed by atoms with Crippen molar-refractivity contribution in [1.29, 1.82) is 0 Å². The van der Waals surface area contributed by atoms with Crippen molar-refractivity contribution >= 4 is 11.9 Å². The van der Waals surface area contributed by atoms with Gasteiger partial charge in [0, 0.05) is 5.56 Å². The van der Waals surface area contributed by atoms with Gasteiger partial charge in [-0.25, -0.2) is 8.78 Å². The fourth-order valence-corrected chi connectivity index (χ4v) is 1.35. The van der Waals surface area contributed by atoms with Gasteiger partial charge in [-0.05, 0) is 25.1 Å². The summed E-state index contributed by atoms with van der Waals surface area (Å²) >= 11 is 0. The van der Waals surface area contributed by atoms with Crippen molar-refractivity contribution < 1.29 is 23.5 Å². The number of aliphatic carboxylic acids is 1. The molecule has 1 unspecified atom stereocenters. The molecule has 0 aliphatic rings. The SMILES string of the molecule is CC(NC(=O)CC(=O)O)c1cc(F)ccc1F. The van der Waals surface area contributed by atoms with Gasteiger partial charge in [0.05, 0.1) is 6.04 Å². The van der Waals surface area contributed by atoms with Crippen LogP contribution in [0.5, 0.6) is 0 Å². The zero-order chi connectivity index (χ0) is 13.0. The molecule has 0 aliphatic carbocycles. The topological polar surface area (TPSA) is 66.4 Å². The Bertz CT molecular complexity index is 448. The zero-order valence-electron chi connectivity index (χ0n) is 9.04. The number of nitrogens with one attached hydrogen (secondary N) is 1. The third kappa shape index (κ3) is 3.82. The predicted octanol–water partition coefficient (Wildman–Crippen LogP) is 1.62. The maximum absolute atomic E-state index is 13.3. The molecule has 1 amide bonds. The van der Waals surface area contributed by atoms with Crippen LogP contribution in [0.2, 0.25) is 0 Å². The number of carboxylic acids is 1. The number of carbonyl (C=O) groups excluding carboxylic acids is 1. The summed E-state index contributed by atoms with van der Waals surface area (Å²) in [5.41, 5.74) is -0.0243. The molecule has 4 nitrogen and oxygen atoms in total. The second-order valence-electron chi connectivity index (χ2n) is 3.53. The molecule has 17 heavy (non-hydrogen) atoms. The van der Waals surface area contributed by atoms with Crippen LogP contribution in [0.1, 0.15) is 24.9 Å². The standard InChI is InChI=1S/C11H11F2NO3/c1-6(14-10(15)5-11(16)17)8-4-7(12)2-3-9(8)13/h2-4,6H,5H2,1H3,(H,14,15)(H,16,17). The molecule has 92 valence electrons. The largest absolute Gasteiger partial charge is 0.481 e. The van der Waals surface area contributed by atoms with Gasteiger partial charge >= 0.3 is 5.97 Å². The van der Waals surface area contributed by atoms with Crippen LogP contribution in [-0.2, 0) is 9.59 Å². The summed E-state index contributed by atoms with van der Waals surface area (Å²) in [5, 5.41) is 10.6. The minimum absolute atomic E-state index is 0.0243. The van der Waals surface area contributed by atoms with E-state index in [1.807, 2.05) is 0 Å². The molecule has 0 heterocycles. The molecule has 1 rings (SSSR count). The van der Waals surface area contributed by atoms with Gasteiger partial charge in [0.25, 0.3) is 0 Å². The second kappa shape index (κ2) is 5.38. The number of amides is 1. The van der Waals surface area contributed by atoms with Gasteiger partial charge in [0.2, 0.25) is 5.91 Å². The van der Waals surface area contributed by atoms with Crippen molar-refractivity contribution in [3.8, 4) is 0 Å². The third-order valence-corrected chi connectivity index (χ3v) is 2.11. The molecule has 1 aromatic rings. The lowest BCUT2D eigenvalue weighted by molar-refractivity contribution is -0.140. The fourth-order valence-electron chi connectivity index (χ4n) is 1.35. The summed E-state index contributed by atoms with van der Waals surface area (Å²) < 4.78 is 26.2. The van der Waals surface area contributed by atoms with Crippen molar-refractivity contribution in [3.63, 3.8) is 0 Å². The summed E-state index contributed by atoms with van der Waals surface area (Å²) in [7, 11) is 0. The molecule has 0 aliphatic heterocycles. The highest BCUT2D eigenvalue weighted by Crippen LogP contribution is 2.17. The summed E-state index contributed by atoms with van der Waals surface area (Å²) in [6.07, 6.45) is -0.707. The number of hydrogen-bond donors (Lipinski definition) is 2. The lowest BCUT2D eigenvalue weighted by Gasteiger charge is -2.14. The highest BCUT2D eigenvalue weighted by atomic mass is 19.1. The molecule has 6 heteroatoms. The van der Waals surface area contributed by atoms with E-state index in [1.165, 1.54) is 6.92 Å². The lowest BCUT2D eigenvalue weighted by Crippen LogP contribution is -2.29. The Morgan fingerprint density at radius 2 is 2.06 bits per heavy atom. The zero-order valence-corrected chi connectivity index (χ0v) is 9.04. The van der Waals surface area contributed by atoms with Crippen LogP contribution in [0.25, 0.3) is 0 Å². The Morgan fingerprint density at radius 1 is 1.41 bits per heavy atom. The number of carbonyl (C=O) groups is 2. The molecule has 0 spiro atoms. The van der Waals surface area contributed by atoms with Crippen molar-refractivity contribution in [2.45, 2.75) is 19.4 Å². The Kier molecular flexibility index (Phi) is 4.14. The number of benzene rings is 1. The molecule has 0 radical (unpaired) electrons. The van der Waals surface area contributed by atoms with Gasteiger partial charge in [-0.15, -0.1) is 0 Å². The summed E-state index contributed by atoms with van der Waals surface area (Å²) in [4.78, 5) is 21.4. The molecule has 0 aromatic heterocycles. The van der Waals surface area contributed by atoms with E-state index in [2.05, 4.69) is 5.32 Å². The van der Waals surface area contributed by atoms with Gasteiger partial charge in [-0.3, -0.25) is 9.59 Å². The van der Waals surface area contributed by atoms with Crippen molar-refractivity contribution in [2.75, 3.05) is 0 Å². The number of halogens is 2. The van der Waals surface area contributed by atoms with Crippen LogP contribution in [-0.4, -0.2) is 17.0 Å². The van der Waals surface area contributed by atoms with Crippen molar-refractivity contribution in [1.82, 2.24) is 5.32 Å². The molecule has 0 saturated heterocycles. The number of carboxylic acid groups (broad SMARTS) is 1. The van der Waals surface area contributed by atoms with Gasteiger partial charge in [0.1, 0.15) is 18.1 Å². The average Bonchev–Trinajstić information content (AvgIpc) is 2.20. The third-order valence-electron chi connectivity index (χ3n) is 2.11. The highest BCUT2D eigenvalue weighted by molar-refractivity contribution is 5.93. The van der Waals surface area contributed by atoms with E-state index >= 15 is 0 Å². The van der Waals surface area contributed by atoms with Crippen molar-refractivity contribution in [3.05, 3.63) is 35.4 Å². The minimum Gasteiger partial charge on any atom is -0.481 e. The van der Waals surface area contributed by atoms with Crippen LogP contribution < -0.4 is 5.32 Å². The van der Waals surface area contributed by atoms with Crippen LogP contribution in [0, 0.1) is 11.6 Å². The van der Waals surface area contributed by atoms with E-state index in [4.69, 9.17) is 5.11 Å². The monoisotopic (exact) mass is 243 g/mol. The summed E-state index contributed by atoms with van der Waals surface area (Å²) in [6, 6.07) is 2.08. The van der Waals surface area contributed by atoms with Gasteiger partial charge < -0.3 is 10.4 Å². The van der Waals surface area contributed by atoms with Crippen LogP contribution in [0.3, 0.4) is 0 Å². The fraction of sp³-hybridized carbons (Fsp3) is 0.273. The van der Waals surface area contributed by atoms with Crippen molar-refractivity contribution in [2.24, 2.45) is 0 Å². The van der Waals surface area contributed by atoms with Gasteiger partial charge in [-0.1, -0.05) is 0 Å². The number of rotatable bonds is 4. The first-order chi connectivity index (χ1) is 7.90. The Morgan fingerprint density at radius 3 is 2.65 bits per heavy atom. The first-order valence-electron chi connectivity index (χ1n) is 4.86. The highest BCUT2D eigenvalue weighted by Gasteiger charge is 2.16. The molecule has 0 saturated carbocycles. The summed E-state index contributed by atoms with van der Waals surface area (Å²) in [5.74, 6) is -3.32. The van der Waals surface area contributed by atoms with Crippen LogP contribution >= 0.6 is 0 Å². The maximum Gasteiger partial charge on any atom is 0.312 e. The molecule has 2 N–H and O–H groups in total. The Balaban J connectivity index is 2.75. The minimum atomic E-state index is -1.28. The van der Waals surface area contributed by atoms with E-state index in [0.717, 1.165) is 18.2 Å². The van der Waals surface area contributed by atoms with E-state index in [1.54, 1.807) is 0 Å². The average molecular weight is 243 g/mol. The molecule has 1 atom stereocenters. The predicted molar refractivity (Wildman–Crippen MR) is 55.2 cm³/mol. The second-order valence-corrected chi connectivity index (χ2v) is 3.53. The maximum atomic E-state index is 13.3. The van der Waals surface area contributed by atoms with E-state index < -0.39 is 36.0 Å². The van der Waals surface area contributed by atoms with Crippen LogP contribution in [0.4, 0.5) is 8.78 Å². The molecule has 0 bridgehead atoms. The van der Waals surface area contributed by atoms with Gasteiger partial charge in [-0.2, -0.15) is 0 Å². The van der Waals surface area contributed by atoms with Crippen LogP contribution in [0.15, 0.2) is 18.2 Å². The first kappa shape index (κ1) is 13.1. The first-order valence-corrected chi connectivity index (χ1v) is 4.86. The molecule has 0 fully saturated rings. The lowest BCUT2D eigenvalue weighted by atomic mass is 10.1. The molecular weight excluding hydrogens is 232 g/mol. The van der Waals surface area contributed by atoms with Gasteiger partial charge in [0.15, 0.2) is 0 Å².